The summed E-state index contributed by atoms with van der Waals surface area (Å²) in [6, 6.07) is -0.948. The van der Waals surface area contributed by atoms with Crippen molar-refractivity contribution in [2.24, 2.45) is 11.5 Å². The highest BCUT2D eigenvalue weighted by molar-refractivity contribution is 7.89. The molecule has 1 aromatic carbocycles. The van der Waals surface area contributed by atoms with Crippen molar-refractivity contribution in [3.05, 3.63) is 22.3 Å². The van der Waals surface area contributed by atoms with Gasteiger partial charge in [-0.25, -0.2) is 8.42 Å². The summed E-state index contributed by atoms with van der Waals surface area (Å²) in [7, 11) is -3.88. The van der Waals surface area contributed by atoms with Crippen LogP contribution in [0.2, 0.25) is 0 Å². The highest BCUT2D eigenvalue weighted by Crippen LogP contribution is 2.43. The molecule has 1 heterocycles. The number of hydrogen-bond donors (Lipinski definition) is 5. The first-order chi connectivity index (χ1) is 13.3. The Labute approximate surface area is 172 Å². The third kappa shape index (κ3) is 5.26. The van der Waals surface area contributed by atoms with E-state index in [0.717, 1.165) is 16.9 Å². The van der Waals surface area contributed by atoms with Gasteiger partial charge in [0, 0.05) is 12.0 Å². The second kappa shape index (κ2) is 8.57. The van der Waals surface area contributed by atoms with Crippen LogP contribution in [0.4, 0.5) is 0 Å². The SMILES string of the molecule is Cc1c(C)c(S(=O)(=O)NC(N)NCCC[C@H](N)C(=O)O)c(C)c2c1OC(C)(C)C2. The molecule has 0 aromatic heterocycles. The molecule has 29 heavy (non-hydrogen) atoms. The van der Waals surface area contributed by atoms with Crippen LogP contribution in [-0.4, -0.2) is 44.0 Å². The van der Waals surface area contributed by atoms with Crippen LogP contribution in [0.25, 0.3) is 0 Å². The van der Waals surface area contributed by atoms with Crippen molar-refractivity contribution in [2.75, 3.05) is 6.54 Å². The standard InChI is InChI=1S/C19H32N4O5S/c1-10-11(2)16(12(3)13-9-19(4,5)28-15(10)13)29(26,27)23-18(21)22-8-6-7-14(20)17(24)25/h14,18,22-23H,6-9,20-21H2,1-5H3,(H,24,25)/t14-,18?/m0/s1. The lowest BCUT2D eigenvalue weighted by Gasteiger charge is -2.21. The number of carboxylic acids is 1. The van der Waals surface area contributed by atoms with E-state index in [0.29, 0.717) is 30.5 Å². The maximum Gasteiger partial charge on any atom is 0.320 e. The van der Waals surface area contributed by atoms with Gasteiger partial charge in [0.05, 0.1) is 4.90 Å². The molecule has 1 unspecified atom stereocenters. The first kappa shape index (κ1) is 23.6. The summed E-state index contributed by atoms with van der Waals surface area (Å²) in [5.41, 5.74) is 14.0. The third-order valence-electron chi connectivity index (χ3n) is 5.22. The van der Waals surface area contributed by atoms with Gasteiger partial charge in [0.15, 0.2) is 0 Å². The number of carboxylic acid groups (broad SMARTS) is 1. The van der Waals surface area contributed by atoms with E-state index in [9.17, 15) is 13.2 Å². The van der Waals surface area contributed by atoms with Gasteiger partial charge in [-0.1, -0.05) is 0 Å². The molecular weight excluding hydrogens is 396 g/mol. The first-order valence-corrected chi connectivity index (χ1v) is 11.1. The quantitative estimate of drug-likeness (QED) is 0.283. The minimum absolute atomic E-state index is 0.222. The monoisotopic (exact) mass is 428 g/mol. The van der Waals surface area contributed by atoms with Crippen LogP contribution in [-0.2, 0) is 21.2 Å². The molecule has 0 radical (unpaired) electrons. The fourth-order valence-electron chi connectivity index (χ4n) is 3.62. The lowest BCUT2D eigenvalue weighted by molar-refractivity contribution is -0.138. The molecule has 0 spiro atoms. The molecule has 164 valence electrons. The second-order valence-electron chi connectivity index (χ2n) is 8.19. The summed E-state index contributed by atoms with van der Waals surface area (Å²) >= 11 is 0. The molecule has 2 atom stereocenters. The van der Waals surface area contributed by atoms with E-state index in [2.05, 4.69) is 10.0 Å². The summed E-state index contributed by atoms with van der Waals surface area (Å²) in [5.74, 6) is -0.304. The van der Waals surface area contributed by atoms with Crippen molar-refractivity contribution < 1.29 is 23.1 Å². The van der Waals surface area contributed by atoms with E-state index in [1.165, 1.54) is 0 Å². The van der Waals surface area contributed by atoms with Gasteiger partial charge in [-0.2, -0.15) is 4.72 Å². The number of nitrogens with one attached hydrogen (secondary N) is 2. The molecule has 0 aliphatic carbocycles. The van der Waals surface area contributed by atoms with Gasteiger partial charge in [-0.05, 0) is 70.7 Å². The van der Waals surface area contributed by atoms with Crippen molar-refractivity contribution in [3.8, 4) is 5.75 Å². The highest BCUT2D eigenvalue weighted by Gasteiger charge is 2.36. The Balaban J connectivity index is 2.14. The van der Waals surface area contributed by atoms with Gasteiger partial charge < -0.3 is 21.3 Å². The molecule has 9 nitrogen and oxygen atoms in total. The van der Waals surface area contributed by atoms with E-state index < -0.39 is 28.3 Å². The Morgan fingerprint density at radius 3 is 2.41 bits per heavy atom. The minimum atomic E-state index is -3.88. The normalized spacial score (nSPS) is 17.5. The van der Waals surface area contributed by atoms with Crippen molar-refractivity contribution >= 4 is 16.0 Å². The largest absolute Gasteiger partial charge is 0.487 e. The Morgan fingerprint density at radius 1 is 1.21 bits per heavy atom. The Morgan fingerprint density at radius 2 is 1.83 bits per heavy atom. The molecule has 10 heteroatoms. The predicted octanol–water partition coefficient (Wildman–Crippen LogP) is 0.628. The number of sulfonamides is 1. The summed E-state index contributed by atoms with van der Waals surface area (Å²) in [6.45, 7) is 9.69. The molecule has 2 rings (SSSR count). The first-order valence-electron chi connectivity index (χ1n) is 9.58. The highest BCUT2D eigenvalue weighted by atomic mass is 32.2. The summed E-state index contributed by atoms with van der Waals surface area (Å²) < 4.78 is 34.6. The smallest absolute Gasteiger partial charge is 0.320 e. The zero-order valence-corrected chi connectivity index (χ0v) is 18.4. The van der Waals surface area contributed by atoms with Crippen molar-refractivity contribution in [2.45, 2.75) is 76.7 Å². The molecular formula is C19H32N4O5S. The number of ether oxygens (including phenoxy) is 1. The molecule has 0 fully saturated rings. The second-order valence-corrected chi connectivity index (χ2v) is 9.84. The maximum absolute atomic E-state index is 13.1. The summed E-state index contributed by atoms with van der Waals surface area (Å²) in [4.78, 5) is 10.9. The number of nitrogens with two attached hydrogens (primary N) is 2. The van der Waals surface area contributed by atoms with E-state index in [4.69, 9.17) is 21.3 Å². The lowest BCUT2D eigenvalue weighted by Crippen LogP contribution is -2.52. The summed E-state index contributed by atoms with van der Waals surface area (Å²) in [5, 5.41) is 11.6. The van der Waals surface area contributed by atoms with E-state index in [-0.39, 0.29) is 16.9 Å². The number of carbonyl (C=O) groups is 1. The zero-order chi connectivity index (χ0) is 22.1. The van der Waals surface area contributed by atoms with E-state index >= 15 is 0 Å². The van der Waals surface area contributed by atoms with E-state index in [1.807, 2.05) is 20.8 Å². The molecule has 7 N–H and O–H groups in total. The van der Waals surface area contributed by atoms with Crippen LogP contribution in [0.5, 0.6) is 5.75 Å². The van der Waals surface area contributed by atoms with E-state index in [1.54, 1.807) is 13.8 Å². The topological polar surface area (TPSA) is 157 Å². The maximum atomic E-state index is 13.1. The predicted molar refractivity (Wildman–Crippen MR) is 110 cm³/mol. The van der Waals surface area contributed by atoms with Gasteiger partial charge in [-0.3, -0.25) is 10.1 Å². The number of hydrogen-bond acceptors (Lipinski definition) is 7. The average Bonchev–Trinajstić information content (AvgIpc) is 2.92. The fraction of sp³-hybridized carbons (Fsp3) is 0.632. The zero-order valence-electron chi connectivity index (χ0n) is 17.6. The lowest BCUT2D eigenvalue weighted by atomic mass is 9.94. The Hall–Kier alpha value is -1.72. The van der Waals surface area contributed by atoms with Gasteiger partial charge in [-0.15, -0.1) is 0 Å². The van der Waals surface area contributed by atoms with Crippen molar-refractivity contribution in [1.82, 2.24) is 10.0 Å². The number of aliphatic carboxylic acids is 1. The molecule has 0 bridgehead atoms. The Kier molecular flexibility index (Phi) is 6.96. The summed E-state index contributed by atoms with van der Waals surface area (Å²) in [6.07, 6.45) is 0.331. The van der Waals surface area contributed by atoms with Crippen LogP contribution in [0.3, 0.4) is 0 Å². The van der Waals surface area contributed by atoms with Gasteiger partial charge in [0.1, 0.15) is 23.7 Å². The van der Waals surface area contributed by atoms with Crippen LogP contribution < -0.4 is 26.2 Å². The van der Waals surface area contributed by atoms with Crippen LogP contribution in [0.1, 0.15) is 48.9 Å². The number of rotatable bonds is 9. The fourth-order valence-corrected chi connectivity index (χ4v) is 5.24. The number of fused-ring (bicyclic) bond motifs is 1. The van der Waals surface area contributed by atoms with Crippen molar-refractivity contribution in [3.63, 3.8) is 0 Å². The van der Waals surface area contributed by atoms with Crippen LogP contribution in [0.15, 0.2) is 4.90 Å². The van der Waals surface area contributed by atoms with Gasteiger partial charge in [0.25, 0.3) is 0 Å². The molecule has 0 saturated heterocycles. The average molecular weight is 429 g/mol. The van der Waals surface area contributed by atoms with Crippen LogP contribution in [0, 0.1) is 20.8 Å². The minimum Gasteiger partial charge on any atom is -0.487 e. The van der Waals surface area contributed by atoms with Gasteiger partial charge >= 0.3 is 5.97 Å². The molecule has 1 aliphatic heterocycles. The molecule has 1 aliphatic rings. The van der Waals surface area contributed by atoms with Crippen LogP contribution >= 0.6 is 0 Å². The number of benzene rings is 1. The van der Waals surface area contributed by atoms with Gasteiger partial charge in [0.2, 0.25) is 10.0 Å². The molecule has 0 amide bonds. The third-order valence-corrected chi connectivity index (χ3v) is 6.93. The molecule has 1 aromatic rings. The Bertz CT molecular complexity index is 899. The molecule has 0 saturated carbocycles. The van der Waals surface area contributed by atoms with Crippen molar-refractivity contribution in [1.29, 1.82) is 0 Å².